The Balaban J connectivity index is 1.81. The van der Waals surface area contributed by atoms with E-state index in [4.69, 9.17) is 4.74 Å². The first-order chi connectivity index (χ1) is 12.4. The molecule has 0 saturated carbocycles. The van der Waals surface area contributed by atoms with Crippen LogP contribution in [0.25, 0.3) is 0 Å². The van der Waals surface area contributed by atoms with E-state index in [-0.39, 0.29) is 30.9 Å². The van der Waals surface area contributed by atoms with Gasteiger partial charge in [0.2, 0.25) is 11.8 Å². The van der Waals surface area contributed by atoms with Gasteiger partial charge in [-0.05, 0) is 45.2 Å². The van der Waals surface area contributed by atoms with E-state index in [1.807, 2.05) is 13.8 Å². The maximum absolute atomic E-state index is 12.2. The van der Waals surface area contributed by atoms with Crippen LogP contribution in [0.3, 0.4) is 0 Å². The molecule has 0 saturated heterocycles. The molecule has 0 aliphatic carbocycles. The quantitative estimate of drug-likeness (QED) is 0.752. The van der Waals surface area contributed by atoms with Crippen LogP contribution in [0.1, 0.15) is 19.9 Å². The molecular weight excluding hydrogens is 334 g/mol. The van der Waals surface area contributed by atoms with Crippen molar-refractivity contribution in [1.29, 1.82) is 0 Å². The predicted octanol–water partition coefficient (Wildman–Crippen LogP) is 1.98. The summed E-state index contributed by atoms with van der Waals surface area (Å²) in [5, 5.41) is 9.77. The number of benzene rings is 1. The van der Waals surface area contributed by atoms with Crippen LogP contribution in [0, 0.1) is 0 Å². The molecule has 8 nitrogen and oxygen atoms in total. The highest BCUT2D eigenvalue weighted by molar-refractivity contribution is 5.94. The minimum absolute atomic E-state index is 0.0965. The summed E-state index contributed by atoms with van der Waals surface area (Å²) in [6.45, 7) is 4.17. The van der Waals surface area contributed by atoms with Crippen LogP contribution in [0.4, 0.5) is 11.5 Å². The normalized spacial score (nSPS) is 10.8. The Morgan fingerprint density at radius 1 is 1.12 bits per heavy atom. The lowest BCUT2D eigenvalue weighted by Gasteiger charge is -2.17. The lowest BCUT2D eigenvalue weighted by molar-refractivity contribution is -0.119. The van der Waals surface area contributed by atoms with Gasteiger partial charge in [0.15, 0.2) is 0 Å². The number of rotatable bonds is 8. The van der Waals surface area contributed by atoms with Gasteiger partial charge in [0.25, 0.3) is 0 Å². The first-order valence-electron chi connectivity index (χ1n) is 8.35. The Hall–Kier alpha value is -2.87. The number of carbonyl (C=O) groups is 2. The fourth-order valence-electron chi connectivity index (χ4n) is 2.43. The molecule has 0 spiro atoms. The summed E-state index contributed by atoms with van der Waals surface area (Å²) >= 11 is 0. The fourth-order valence-corrected chi connectivity index (χ4v) is 2.43. The van der Waals surface area contributed by atoms with E-state index >= 15 is 0 Å². The average molecular weight is 359 g/mol. The van der Waals surface area contributed by atoms with Gasteiger partial charge in [-0.2, -0.15) is 5.10 Å². The largest absolute Gasteiger partial charge is 0.497 e. The van der Waals surface area contributed by atoms with Crippen LogP contribution in [0.15, 0.2) is 36.5 Å². The van der Waals surface area contributed by atoms with E-state index in [0.717, 1.165) is 5.75 Å². The monoisotopic (exact) mass is 359 g/mol. The van der Waals surface area contributed by atoms with E-state index < -0.39 is 0 Å². The van der Waals surface area contributed by atoms with Crippen LogP contribution >= 0.6 is 0 Å². The van der Waals surface area contributed by atoms with E-state index in [1.54, 1.807) is 60.3 Å². The first kappa shape index (κ1) is 19.5. The number of amides is 2. The average Bonchev–Trinajstić information content (AvgIpc) is 3.03. The van der Waals surface area contributed by atoms with Gasteiger partial charge in [-0.25, -0.2) is 4.68 Å². The van der Waals surface area contributed by atoms with Gasteiger partial charge in [-0.1, -0.05) is 0 Å². The topological polar surface area (TPSA) is 88.5 Å². The molecule has 1 heterocycles. The summed E-state index contributed by atoms with van der Waals surface area (Å²) in [5.41, 5.74) is 0.675. The summed E-state index contributed by atoms with van der Waals surface area (Å²) in [6.07, 6.45) is 1.64. The van der Waals surface area contributed by atoms with Crippen LogP contribution in [-0.2, 0) is 9.59 Å². The van der Waals surface area contributed by atoms with Crippen molar-refractivity contribution in [2.45, 2.75) is 19.9 Å². The highest BCUT2D eigenvalue weighted by atomic mass is 16.5. The Morgan fingerprint density at radius 3 is 2.31 bits per heavy atom. The van der Waals surface area contributed by atoms with Crippen LogP contribution in [0.5, 0.6) is 5.75 Å². The number of aromatic nitrogens is 2. The SMILES string of the molecule is COc1ccc(NC(=O)CN(C)CC(=O)Nc2ccnn2C(C)C)cc1. The number of ether oxygens (including phenoxy) is 1. The highest BCUT2D eigenvalue weighted by Gasteiger charge is 2.13. The van der Waals surface area contributed by atoms with Gasteiger partial charge in [-0.15, -0.1) is 0 Å². The number of hydrogen-bond acceptors (Lipinski definition) is 5. The number of methoxy groups -OCH3 is 1. The summed E-state index contributed by atoms with van der Waals surface area (Å²) < 4.78 is 6.81. The van der Waals surface area contributed by atoms with Gasteiger partial charge in [0.1, 0.15) is 11.6 Å². The van der Waals surface area contributed by atoms with E-state index in [1.165, 1.54) is 0 Å². The number of nitrogens with zero attached hydrogens (tertiary/aromatic N) is 3. The maximum atomic E-state index is 12.2. The van der Waals surface area contributed by atoms with Crippen molar-refractivity contribution in [3.8, 4) is 5.75 Å². The molecule has 0 fully saturated rings. The third kappa shape index (κ3) is 5.59. The first-order valence-corrected chi connectivity index (χ1v) is 8.35. The minimum Gasteiger partial charge on any atom is -0.497 e. The predicted molar refractivity (Wildman–Crippen MR) is 100 cm³/mol. The summed E-state index contributed by atoms with van der Waals surface area (Å²) in [6, 6.07) is 8.95. The van der Waals surface area contributed by atoms with Crippen molar-refractivity contribution in [2.75, 3.05) is 37.9 Å². The third-order valence-corrected chi connectivity index (χ3v) is 3.63. The van der Waals surface area contributed by atoms with E-state index in [0.29, 0.717) is 11.5 Å². The molecule has 8 heteroatoms. The van der Waals surface area contributed by atoms with Crippen molar-refractivity contribution in [3.63, 3.8) is 0 Å². The highest BCUT2D eigenvalue weighted by Crippen LogP contribution is 2.15. The molecule has 2 rings (SSSR count). The molecule has 0 aliphatic rings. The van der Waals surface area contributed by atoms with Gasteiger partial charge in [0.05, 0.1) is 26.4 Å². The molecule has 140 valence electrons. The second-order valence-corrected chi connectivity index (χ2v) is 6.25. The van der Waals surface area contributed by atoms with E-state index in [2.05, 4.69) is 15.7 Å². The number of likely N-dealkylation sites (N-methyl/N-ethyl adjacent to an activating group) is 1. The molecule has 1 aromatic heterocycles. The van der Waals surface area contributed by atoms with Crippen LogP contribution in [-0.4, -0.2) is 53.7 Å². The standard InChI is InChI=1S/C18H25N5O3/c1-13(2)23-16(9-10-19-23)21-18(25)12-22(3)11-17(24)20-14-5-7-15(26-4)8-6-14/h5-10,13H,11-12H2,1-4H3,(H,20,24)(H,21,25). The maximum Gasteiger partial charge on any atom is 0.239 e. The van der Waals surface area contributed by atoms with Gasteiger partial charge in [0, 0.05) is 17.8 Å². The second-order valence-electron chi connectivity index (χ2n) is 6.25. The Morgan fingerprint density at radius 2 is 1.73 bits per heavy atom. The number of anilines is 2. The third-order valence-electron chi connectivity index (χ3n) is 3.63. The number of nitrogens with one attached hydrogen (secondary N) is 2. The van der Waals surface area contributed by atoms with Crippen molar-refractivity contribution < 1.29 is 14.3 Å². The number of carbonyl (C=O) groups excluding carboxylic acids is 2. The molecule has 0 bridgehead atoms. The number of hydrogen-bond donors (Lipinski definition) is 2. The van der Waals surface area contributed by atoms with Crippen molar-refractivity contribution in [1.82, 2.24) is 14.7 Å². The summed E-state index contributed by atoms with van der Waals surface area (Å²) in [5.74, 6) is 0.961. The molecular formula is C18H25N5O3. The van der Waals surface area contributed by atoms with Crippen molar-refractivity contribution >= 4 is 23.3 Å². The Labute approximate surface area is 153 Å². The smallest absolute Gasteiger partial charge is 0.239 e. The minimum atomic E-state index is -0.202. The van der Waals surface area contributed by atoms with Gasteiger partial charge in [-0.3, -0.25) is 14.5 Å². The molecule has 2 N–H and O–H groups in total. The molecule has 2 aromatic rings. The van der Waals surface area contributed by atoms with Crippen molar-refractivity contribution in [3.05, 3.63) is 36.5 Å². The molecule has 0 radical (unpaired) electrons. The molecule has 26 heavy (non-hydrogen) atoms. The Kier molecular flexibility index (Phi) is 6.74. The lowest BCUT2D eigenvalue weighted by atomic mass is 10.3. The molecule has 0 aliphatic heterocycles. The fraction of sp³-hybridized carbons (Fsp3) is 0.389. The Bertz CT molecular complexity index is 740. The van der Waals surface area contributed by atoms with E-state index in [9.17, 15) is 9.59 Å². The molecule has 0 atom stereocenters. The summed E-state index contributed by atoms with van der Waals surface area (Å²) in [4.78, 5) is 25.9. The van der Waals surface area contributed by atoms with Gasteiger partial charge >= 0.3 is 0 Å². The van der Waals surface area contributed by atoms with Crippen molar-refractivity contribution in [2.24, 2.45) is 0 Å². The van der Waals surface area contributed by atoms with Gasteiger partial charge < -0.3 is 15.4 Å². The zero-order chi connectivity index (χ0) is 19.1. The zero-order valence-electron chi connectivity index (χ0n) is 15.5. The molecule has 0 unspecified atom stereocenters. The summed E-state index contributed by atoms with van der Waals surface area (Å²) in [7, 11) is 3.30. The second kappa shape index (κ2) is 9.00. The zero-order valence-corrected chi connectivity index (χ0v) is 15.5. The van der Waals surface area contributed by atoms with Crippen LogP contribution < -0.4 is 15.4 Å². The lowest BCUT2D eigenvalue weighted by Crippen LogP contribution is -2.36. The molecule has 2 amide bonds. The van der Waals surface area contributed by atoms with Crippen LogP contribution in [0.2, 0.25) is 0 Å². The molecule has 1 aromatic carbocycles.